The van der Waals surface area contributed by atoms with Crippen LogP contribution in [0.5, 0.6) is 0 Å². The third-order valence-corrected chi connectivity index (χ3v) is 3.18. The summed E-state index contributed by atoms with van der Waals surface area (Å²) < 4.78 is 10.0. The number of amides is 2. The highest BCUT2D eigenvalue weighted by Gasteiger charge is 2.15. The Balaban J connectivity index is 1.71. The first kappa shape index (κ1) is 13.4. The molecule has 2 N–H and O–H groups in total. The van der Waals surface area contributed by atoms with Gasteiger partial charge in [0.25, 0.3) is 0 Å². The molecule has 1 aliphatic rings. The van der Waals surface area contributed by atoms with Crippen molar-refractivity contribution < 1.29 is 14.1 Å². The van der Waals surface area contributed by atoms with Crippen LogP contribution < -0.4 is 15.5 Å². The number of ether oxygens (including phenoxy) is 1. The van der Waals surface area contributed by atoms with E-state index in [2.05, 4.69) is 25.2 Å². The minimum atomic E-state index is -0.357. The lowest BCUT2D eigenvalue weighted by Crippen LogP contribution is -2.37. The Labute approximate surface area is 121 Å². The van der Waals surface area contributed by atoms with Crippen LogP contribution in [0.25, 0.3) is 0 Å². The second-order valence-electron chi connectivity index (χ2n) is 4.58. The zero-order valence-electron chi connectivity index (χ0n) is 11.4. The molecule has 1 aromatic carbocycles. The van der Waals surface area contributed by atoms with Gasteiger partial charge in [0.2, 0.25) is 0 Å². The molecule has 1 fully saturated rings. The maximum absolute atomic E-state index is 12.0. The number of para-hydroxylation sites is 2. The van der Waals surface area contributed by atoms with Gasteiger partial charge in [-0.3, -0.25) is 5.32 Å². The number of urea groups is 1. The quantitative estimate of drug-likeness (QED) is 0.904. The first-order valence-electron chi connectivity index (χ1n) is 6.73. The van der Waals surface area contributed by atoms with Crippen molar-refractivity contribution in [2.75, 3.05) is 41.8 Å². The van der Waals surface area contributed by atoms with E-state index < -0.39 is 0 Å². The molecule has 7 heteroatoms. The van der Waals surface area contributed by atoms with Crippen LogP contribution in [0.2, 0.25) is 0 Å². The van der Waals surface area contributed by atoms with Gasteiger partial charge in [0, 0.05) is 19.2 Å². The van der Waals surface area contributed by atoms with Crippen LogP contribution in [0.15, 0.2) is 41.1 Å². The minimum absolute atomic E-state index is 0.357. The molecular formula is C14H16N4O3. The van der Waals surface area contributed by atoms with Crippen LogP contribution in [0.4, 0.5) is 22.0 Å². The van der Waals surface area contributed by atoms with Crippen LogP contribution in [-0.2, 0) is 4.74 Å². The zero-order valence-corrected chi connectivity index (χ0v) is 11.4. The summed E-state index contributed by atoms with van der Waals surface area (Å²) in [6.45, 7) is 3.01. The average molecular weight is 288 g/mol. The minimum Gasteiger partial charge on any atom is -0.378 e. The summed E-state index contributed by atoms with van der Waals surface area (Å²) in [6, 6.07) is 8.91. The van der Waals surface area contributed by atoms with E-state index in [1.54, 1.807) is 6.07 Å². The van der Waals surface area contributed by atoms with E-state index >= 15 is 0 Å². The van der Waals surface area contributed by atoms with E-state index in [9.17, 15) is 4.79 Å². The largest absolute Gasteiger partial charge is 0.378 e. The Morgan fingerprint density at radius 2 is 1.95 bits per heavy atom. The molecule has 0 spiro atoms. The highest BCUT2D eigenvalue weighted by Crippen LogP contribution is 2.26. The van der Waals surface area contributed by atoms with Crippen LogP contribution in [0, 0.1) is 0 Å². The molecule has 0 radical (unpaired) electrons. The number of morpholine rings is 1. The number of aromatic nitrogens is 1. The molecule has 0 unspecified atom stereocenters. The number of hydrogen-bond donors (Lipinski definition) is 2. The van der Waals surface area contributed by atoms with Crippen molar-refractivity contribution in [3.05, 3.63) is 36.6 Å². The predicted octanol–water partition coefficient (Wildman–Crippen LogP) is 2.16. The van der Waals surface area contributed by atoms with Gasteiger partial charge in [-0.05, 0) is 12.1 Å². The molecule has 21 heavy (non-hydrogen) atoms. The Morgan fingerprint density at radius 1 is 1.14 bits per heavy atom. The molecule has 0 bridgehead atoms. The van der Waals surface area contributed by atoms with E-state index in [1.807, 2.05) is 24.3 Å². The van der Waals surface area contributed by atoms with E-state index in [1.165, 1.54) is 6.26 Å². The van der Waals surface area contributed by atoms with Crippen LogP contribution in [-0.4, -0.2) is 37.5 Å². The molecule has 0 aliphatic carbocycles. The monoisotopic (exact) mass is 288 g/mol. The van der Waals surface area contributed by atoms with Crippen molar-refractivity contribution in [1.82, 2.24) is 5.16 Å². The van der Waals surface area contributed by atoms with Crippen LogP contribution in [0.3, 0.4) is 0 Å². The SMILES string of the molecule is O=C(Nc1ccon1)Nc1ccccc1N1CCOCC1. The second-order valence-corrected chi connectivity index (χ2v) is 4.58. The fourth-order valence-electron chi connectivity index (χ4n) is 2.21. The second kappa shape index (κ2) is 6.27. The maximum atomic E-state index is 12.0. The molecule has 0 atom stereocenters. The lowest BCUT2D eigenvalue weighted by atomic mass is 10.2. The summed E-state index contributed by atoms with van der Waals surface area (Å²) in [5.74, 6) is 0.372. The van der Waals surface area contributed by atoms with Gasteiger partial charge in [-0.15, -0.1) is 0 Å². The average Bonchev–Trinajstić information content (AvgIpc) is 3.01. The predicted molar refractivity (Wildman–Crippen MR) is 78.6 cm³/mol. The fourth-order valence-corrected chi connectivity index (χ4v) is 2.21. The van der Waals surface area contributed by atoms with Crippen molar-refractivity contribution in [1.29, 1.82) is 0 Å². The highest BCUT2D eigenvalue weighted by molar-refractivity contribution is 6.01. The Morgan fingerprint density at radius 3 is 2.71 bits per heavy atom. The number of anilines is 3. The molecule has 2 heterocycles. The fraction of sp³-hybridized carbons (Fsp3) is 0.286. The van der Waals surface area contributed by atoms with Gasteiger partial charge in [-0.1, -0.05) is 17.3 Å². The van der Waals surface area contributed by atoms with Gasteiger partial charge in [0.1, 0.15) is 6.26 Å². The van der Waals surface area contributed by atoms with Crippen molar-refractivity contribution in [3.63, 3.8) is 0 Å². The Bertz CT molecular complexity index is 594. The number of nitrogens with one attached hydrogen (secondary N) is 2. The summed E-state index contributed by atoms with van der Waals surface area (Å²) in [7, 11) is 0. The standard InChI is InChI=1S/C14H16N4O3/c19-14(16-13-5-8-21-17-13)15-11-3-1-2-4-12(11)18-6-9-20-10-7-18/h1-5,8H,6-7,9-10H2,(H2,15,16,17,19). The van der Waals surface area contributed by atoms with Gasteiger partial charge in [-0.2, -0.15) is 0 Å². The summed E-state index contributed by atoms with van der Waals surface area (Å²) in [6.07, 6.45) is 1.40. The summed E-state index contributed by atoms with van der Waals surface area (Å²) >= 11 is 0. The van der Waals surface area contributed by atoms with Gasteiger partial charge in [0.15, 0.2) is 5.82 Å². The molecule has 7 nitrogen and oxygen atoms in total. The topological polar surface area (TPSA) is 79.6 Å². The van der Waals surface area contributed by atoms with E-state index in [0.29, 0.717) is 19.0 Å². The number of carbonyl (C=O) groups excluding carboxylic acids is 1. The van der Waals surface area contributed by atoms with Crippen molar-refractivity contribution in [2.24, 2.45) is 0 Å². The molecule has 1 aliphatic heterocycles. The van der Waals surface area contributed by atoms with Gasteiger partial charge < -0.3 is 19.5 Å². The molecule has 3 rings (SSSR count). The number of carbonyl (C=O) groups is 1. The Kier molecular flexibility index (Phi) is 4.02. The summed E-state index contributed by atoms with van der Waals surface area (Å²) in [4.78, 5) is 14.2. The highest BCUT2D eigenvalue weighted by atomic mass is 16.5. The number of nitrogens with zero attached hydrogens (tertiary/aromatic N) is 2. The van der Waals surface area contributed by atoms with Gasteiger partial charge in [-0.25, -0.2) is 4.79 Å². The molecule has 0 saturated carbocycles. The van der Waals surface area contributed by atoms with E-state index in [4.69, 9.17) is 4.74 Å². The summed E-state index contributed by atoms with van der Waals surface area (Å²) in [5, 5.41) is 9.07. The first-order chi connectivity index (χ1) is 10.3. The number of rotatable bonds is 3. The third kappa shape index (κ3) is 3.32. The van der Waals surface area contributed by atoms with Crippen molar-refractivity contribution in [3.8, 4) is 0 Å². The van der Waals surface area contributed by atoms with E-state index in [-0.39, 0.29) is 6.03 Å². The zero-order chi connectivity index (χ0) is 14.5. The van der Waals surface area contributed by atoms with Crippen molar-refractivity contribution in [2.45, 2.75) is 0 Å². The summed E-state index contributed by atoms with van der Waals surface area (Å²) in [5.41, 5.74) is 1.73. The van der Waals surface area contributed by atoms with Gasteiger partial charge in [0.05, 0.1) is 24.6 Å². The third-order valence-electron chi connectivity index (χ3n) is 3.18. The molecule has 2 amide bonds. The number of benzene rings is 1. The van der Waals surface area contributed by atoms with Gasteiger partial charge >= 0.3 is 6.03 Å². The molecular weight excluding hydrogens is 272 g/mol. The van der Waals surface area contributed by atoms with Crippen molar-refractivity contribution >= 4 is 23.2 Å². The Hall–Kier alpha value is -2.54. The lowest BCUT2D eigenvalue weighted by Gasteiger charge is -2.30. The smallest absolute Gasteiger partial charge is 0.325 e. The maximum Gasteiger partial charge on any atom is 0.325 e. The number of hydrogen-bond acceptors (Lipinski definition) is 5. The van der Waals surface area contributed by atoms with Crippen LogP contribution >= 0.6 is 0 Å². The lowest BCUT2D eigenvalue weighted by molar-refractivity contribution is 0.123. The molecule has 1 aromatic heterocycles. The van der Waals surface area contributed by atoms with E-state index in [0.717, 1.165) is 24.5 Å². The first-order valence-corrected chi connectivity index (χ1v) is 6.73. The normalized spacial score (nSPS) is 14.8. The molecule has 2 aromatic rings. The van der Waals surface area contributed by atoms with Crippen LogP contribution in [0.1, 0.15) is 0 Å². The molecule has 110 valence electrons. The molecule has 1 saturated heterocycles.